The van der Waals surface area contributed by atoms with Gasteiger partial charge in [0.2, 0.25) is 10.0 Å². The zero-order valence-electron chi connectivity index (χ0n) is 19.5. The molecule has 1 N–H and O–H groups in total. The number of hydrogen-bond donors (Lipinski definition) is 1. The van der Waals surface area contributed by atoms with Crippen LogP contribution in [0.2, 0.25) is 0 Å². The smallest absolute Gasteiger partial charge is 0.321 e. The fraction of sp³-hybridized carbons (Fsp3) is 0.269. The highest BCUT2D eigenvalue weighted by Crippen LogP contribution is 2.44. The van der Waals surface area contributed by atoms with Crippen LogP contribution in [0, 0.1) is 18.3 Å². The van der Waals surface area contributed by atoms with Crippen molar-refractivity contribution in [2.24, 2.45) is 0 Å². The van der Waals surface area contributed by atoms with Crippen molar-refractivity contribution in [2.45, 2.75) is 39.2 Å². The first-order chi connectivity index (χ1) is 16.9. The molecule has 0 spiro atoms. The van der Waals surface area contributed by atoms with Gasteiger partial charge in [0.1, 0.15) is 11.8 Å². The van der Waals surface area contributed by atoms with Crippen LogP contribution >= 0.6 is 0 Å². The molecular formula is C26H25N5O3S. The van der Waals surface area contributed by atoms with E-state index in [1.807, 2.05) is 37.3 Å². The maximum Gasteiger partial charge on any atom is 0.321 e. The quantitative estimate of drug-likeness (QED) is 0.366. The minimum absolute atomic E-state index is 0.00111. The molecule has 1 aliphatic rings. The molecule has 4 aromatic rings. The van der Waals surface area contributed by atoms with Crippen LogP contribution in [0.25, 0.3) is 22.2 Å². The first-order valence-corrected chi connectivity index (χ1v) is 13.2. The molecular weight excluding hydrogens is 462 g/mol. The van der Waals surface area contributed by atoms with Crippen LogP contribution in [-0.4, -0.2) is 28.7 Å². The predicted octanol–water partition coefficient (Wildman–Crippen LogP) is 5.56. The normalized spacial score (nSPS) is 13.9. The predicted molar refractivity (Wildman–Crippen MR) is 135 cm³/mol. The number of fused-ring (bicyclic) bond motifs is 1. The summed E-state index contributed by atoms with van der Waals surface area (Å²) in [5.41, 5.74) is 4.56. The van der Waals surface area contributed by atoms with E-state index in [9.17, 15) is 13.7 Å². The standard InChI is InChI=1S/C26H25N5O3S/c1-3-35(32,33)30-23-11-8-18(14-17(23)2)25-22(16-27)21-10-9-20(34-26-28-12-5-13-29-26)15-24(21)31(25)19-6-4-7-19/h5,8-15,19,30H,3-4,6-7H2,1-2H3. The van der Waals surface area contributed by atoms with Crippen molar-refractivity contribution in [1.29, 1.82) is 5.26 Å². The van der Waals surface area contributed by atoms with Crippen molar-refractivity contribution in [3.63, 3.8) is 0 Å². The molecule has 5 rings (SSSR count). The molecule has 35 heavy (non-hydrogen) atoms. The fourth-order valence-corrected chi connectivity index (χ4v) is 5.09. The van der Waals surface area contributed by atoms with E-state index in [0.717, 1.165) is 47.0 Å². The number of rotatable bonds is 7. The van der Waals surface area contributed by atoms with Crippen molar-refractivity contribution < 1.29 is 13.2 Å². The molecule has 0 bridgehead atoms. The van der Waals surface area contributed by atoms with E-state index < -0.39 is 10.0 Å². The topological polar surface area (TPSA) is 110 Å². The Morgan fingerprint density at radius 2 is 1.94 bits per heavy atom. The van der Waals surface area contributed by atoms with Gasteiger partial charge in [-0.05, 0) is 74.6 Å². The number of sulfonamides is 1. The first-order valence-electron chi connectivity index (χ1n) is 11.5. The number of nitrogens with one attached hydrogen (secondary N) is 1. The minimum atomic E-state index is -3.38. The SMILES string of the molecule is CCS(=O)(=O)Nc1ccc(-c2c(C#N)c3ccc(Oc4ncccn4)cc3n2C2CCC2)cc1C. The van der Waals surface area contributed by atoms with E-state index in [4.69, 9.17) is 4.74 Å². The number of nitrogens with zero attached hydrogens (tertiary/aromatic N) is 4. The van der Waals surface area contributed by atoms with Crippen molar-refractivity contribution >= 4 is 26.6 Å². The number of aromatic nitrogens is 3. The van der Waals surface area contributed by atoms with Crippen LogP contribution in [0.3, 0.4) is 0 Å². The summed E-state index contributed by atoms with van der Waals surface area (Å²) in [6.07, 6.45) is 6.44. The summed E-state index contributed by atoms with van der Waals surface area (Å²) in [5.74, 6) is 0.597. The van der Waals surface area contributed by atoms with Crippen LogP contribution in [-0.2, 0) is 10.0 Å². The Labute approximate surface area is 204 Å². The van der Waals surface area contributed by atoms with E-state index in [0.29, 0.717) is 17.0 Å². The number of nitriles is 1. The fourth-order valence-electron chi connectivity index (χ4n) is 4.38. The molecule has 0 radical (unpaired) electrons. The maximum absolute atomic E-state index is 12.1. The molecule has 1 saturated carbocycles. The molecule has 9 heteroatoms. The Morgan fingerprint density at radius 1 is 1.17 bits per heavy atom. The summed E-state index contributed by atoms with van der Waals surface area (Å²) < 4.78 is 34.9. The first kappa shape index (κ1) is 22.9. The average molecular weight is 488 g/mol. The van der Waals surface area contributed by atoms with Gasteiger partial charge in [0.25, 0.3) is 0 Å². The second-order valence-corrected chi connectivity index (χ2v) is 10.6. The molecule has 2 aromatic carbocycles. The number of hydrogen-bond acceptors (Lipinski definition) is 6. The number of aryl methyl sites for hydroxylation is 1. The van der Waals surface area contributed by atoms with E-state index >= 15 is 0 Å². The number of benzene rings is 2. The van der Waals surface area contributed by atoms with Crippen LogP contribution in [0.15, 0.2) is 54.9 Å². The summed E-state index contributed by atoms with van der Waals surface area (Å²) in [5, 5.41) is 11.0. The monoisotopic (exact) mass is 487 g/mol. The van der Waals surface area contributed by atoms with Gasteiger partial charge in [0.05, 0.1) is 28.2 Å². The minimum Gasteiger partial charge on any atom is -0.424 e. The van der Waals surface area contributed by atoms with Crippen LogP contribution < -0.4 is 9.46 Å². The van der Waals surface area contributed by atoms with Gasteiger partial charge in [-0.15, -0.1) is 0 Å². The Balaban J connectivity index is 1.65. The van der Waals surface area contributed by atoms with E-state index in [1.54, 1.807) is 31.5 Å². The summed E-state index contributed by atoms with van der Waals surface area (Å²) in [6, 6.07) is 15.9. The van der Waals surface area contributed by atoms with Crippen LogP contribution in [0.1, 0.15) is 43.4 Å². The Kier molecular flexibility index (Phi) is 5.91. The van der Waals surface area contributed by atoms with Crippen LogP contribution in [0.4, 0.5) is 5.69 Å². The molecule has 0 aliphatic heterocycles. The lowest BCUT2D eigenvalue weighted by atomic mass is 9.92. The average Bonchev–Trinajstić information content (AvgIpc) is 3.13. The molecule has 178 valence electrons. The highest BCUT2D eigenvalue weighted by molar-refractivity contribution is 7.92. The van der Waals surface area contributed by atoms with Gasteiger partial charge in [0.15, 0.2) is 0 Å². The van der Waals surface area contributed by atoms with Gasteiger partial charge < -0.3 is 9.30 Å². The summed E-state index contributed by atoms with van der Waals surface area (Å²) in [7, 11) is -3.38. The highest BCUT2D eigenvalue weighted by Gasteiger charge is 2.28. The Bertz CT molecular complexity index is 1550. The van der Waals surface area contributed by atoms with Crippen LogP contribution in [0.5, 0.6) is 11.8 Å². The molecule has 1 aliphatic carbocycles. The van der Waals surface area contributed by atoms with E-state index in [2.05, 4.69) is 25.3 Å². The zero-order chi connectivity index (χ0) is 24.6. The molecule has 0 atom stereocenters. The Morgan fingerprint density at radius 3 is 2.57 bits per heavy atom. The lowest BCUT2D eigenvalue weighted by Gasteiger charge is -2.30. The summed E-state index contributed by atoms with van der Waals surface area (Å²) >= 11 is 0. The molecule has 0 unspecified atom stereocenters. The van der Waals surface area contributed by atoms with E-state index in [1.165, 1.54) is 0 Å². The third-order valence-electron chi connectivity index (χ3n) is 6.42. The number of ether oxygens (including phenoxy) is 1. The second kappa shape index (κ2) is 9.04. The van der Waals surface area contributed by atoms with Gasteiger partial charge in [-0.2, -0.15) is 5.26 Å². The molecule has 0 amide bonds. The number of anilines is 1. The van der Waals surface area contributed by atoms with Crippen molar-refractivity contribution in [3.05, 3.63) is 66.0 Å². The lowest BCUT2D eigenvalue weighted by molar-refractivity contribution is 0.324. The van der Waals surface area contributed by atoms with Crippen molar-refractivity contribution in [3.8, 4) is 29.1 Å². The zero-order valence-corrected chi connectivity index (χ0v) is 20.3. The third-order valence-corrected chi connectivity index (χ3v) is 7.71. The molecule has 2 heterocycles. The lowest BCUT2D eigenvalue weighted by Crippen LogP contribution is -2.18. The second-order valence-electron chi connectivity index (χ2n) is 8.64. The van der Waals surface area contributed by atoms with Gasteiger partial charge in [-0.3, -0.25) is 4.72 Å². The van der Waals surface area contributed by atoms with Gasteiger partial charge >= 0.3 is 6.01 Å². The molecule has 2 aromatic heterocycles. The van der Waals surface area contributed by atoms with Gasteiger partial charge in [-0.25, -0.2) is 18.4 Å². The molecule has 8 nitrogen and oxygen atoms in total. The van der Waals surface area contributed by atoms with E-state index in [-0.39, 0.29) is 17.8 Å². The highest BCUT2D eigenvalue weighted by atomic mass is 32.2. The van der Waals surface area contributed by atoms with Crippen molar-refractivity contribution in [1.82, 2.24) is 14.5 Å². The Hall–Kier alpha value is -3.90. The molecule has 1 fully saturated rings. The maximum atomic E-state index is 12.1. The molecule has 0 saturated heterocycles. The van der Waals surface area contributed by atoms with Crippen molar-refractivity contribution in [2.75, 3.05) is 10.5 Å². The van der Waals surface area contributed by atoms with Gasteiger partial charge in [-0.1, -0.05) is 6.07 Å². The third kappa shape index (κ3) is 4.33. The van der Waals surface area contributed by atoms with Gasteiger partial charge in [0, 0.05) is 29.9 Å². The largest absolute Gasteiger partial charge is 0.424 e. The summed E-state index contributed by atoms with van der Waals surface area (Å²) in [6.45, 7) is 3.47. The summed E-state index contributed by atoms with van der Waals surface area (Å²) in [4.78, 5) is 8.27.